The third-order valence-electron chi connectivity index (χ3n) is 4.35. The van der Waals surface area contributed by atoms with Crippen LogP contribution in [0, 0.1) is 6.92 Å². The lowest BCUT2D eigenvalue weighted by Gasteiger charge is -2.21. The van der Waals surface area contributed by atoms with E-state index in [1.54, 1.807) is 44.4 Å². The zero-order valence-corrected chi connectivity index (χ0v) is 15.8. The van der Waals surface area contributed by atoms with Gasteiger partial charge in [-0.2, -0.15) is 4.98 Å². The zero-order valence-electron chi connectivity index (χ0n) is 15.8. The number of hydrogen-bond acceptors (Lipinski definition) is 7. The van der Waals surface area contributed by atoms with Gasteiger partial charge in [0, 0.05) is 20.2 Å². The summed E-state index contributed by atoms with van der Waals surface area (Å²) in [5.74, 6) is 1.83. The van der Waals surface area contributed by atoms with Crippen molar-refractivity contribution in [2.45, 2.75) is 13.0 Å². The highest BCUT2D eigenvalue weighted by Gasteiger charge is 2.24. The third-order valence-corrected chi connectivity index (χ3v) is 4.35. The molecule has 1 aliphatic heterocycles. The minimum absolute atomic E-state index is 0.151. The lowest BCUT2D eigenvalue weighted by Crippen LogP contribution is -2.36. The molecule has 0 bridgehead atoms. The van der Waals surface area contributed by atoms with E-state index in [1.807, 2.05) is 0 Å². The molecule has 0 saturated carbocycles. The molecule has 2 N–H and O–H groups in total. The fourth-order valence-electron chi connectivity index (χ4n) is 2.95. The monoisotopic (exact) mass is 397 g/mol. The number of benzene rings is 1. The Bertz CT molecular complexity index is 1110. The Kier molecular flexibility index (Phi) is 4.90. The quantitative estimate of drug-likeness (QED) is 0.688. The van der Waals surface area contributed by atoms with Gasteiger partial charge in [0.1, 0.15) is 24.9 Å². The van der Waals surface area contributed by atoms with Crippen LogP contribution in [-0.2, 0) is 7.05 Å². The number of carbonyl (C=O) groups excluding carboxylic acids is 1. The van der Waals surface area contributed by atoms with Crippen LogP contribution in [0.25, 0.3) is 0 Å². The van der Waals surface area contributed by atoms with Crippen LogP contribution in [0.3, 0.4) is 0 Å². The molecule has 29 heavy (non-hydrogen) atoms. The number of pyridine rings is 1. The number of hydrogen-bond donors (Lipinski definition) is 2. The number of carbonyl (C=O) groups is 1. The number of aromatic nitrogens is 3. The van der Waals surface area contributed by atoms with Crippen molar-refractivity contribution in [2.75, 3.05) is 18.5 Å². The van der Waals surface area contributed by atoms with Crippen molar-refractivity contribution in [3.8, 4) is 11.5 Å². The van der Waals surface area contributed by atoms with Gasteiger partial charge in [-0.25, -0.2) is 4.79 Å². The second-order valence-corrected chi connectivity index (χ2v) is 6.44. The van der Waals surface area contributed by atoms with Gasteiger partial charge in [-0.1, -0.05) is 11.2 Å². The summed E-state index contributed by atoms with van der Waals surface area (Å²) >= 11 is 0. The number of urea groups is 1. The molecule has 4 rings (SSSR count). The van der Waals surface area contributed by atoms with E-state index in [2.05, 4.69) is 20.8 Å². The molecule has 1 atom stereocenters. The van der Waals surface area contributed by atoms with E-state index in [1.165, 1.54) is 10.6 Å². The topological polar surface area (TPSA) is 121 Å². The molecule has 1 aromatic carbocycles. The van der Waals surface area contributed by atoms with Gasteiger partial charge < -0.3 is 29.2 Å². The smallest absolute Gasteiger partial charge is 0.320 e. The van der Waals surface area contributed by atoms with Crippen molar-refractivity contribution < 1.29 is 18.8 Å². The van der Waals surface area contributed by atoms with Crippen LogP contribution in [0.2, 0.25) is 0 Å². The van der Waals surface area contributed by atoms with Crippen LogP contribution in [0.1, 0.15) is 23.3 Å². The molecular weight excluding hydrogens is 378 g/mol. The number of amides is 2. The average molecular weight is 397 g/mol. The molecule has 0 fully saturated rings. The Morgan fingerprint density at radius 1 is 1.21 bits per heavy atom. The van der Waals surface area contributed by atoms with Gasteiger partial charge in [-0.15, -0.1) is 0 Å². The van der Waals surface area contributed by atoms with Gasteiger partial charge in [0.05, 0.1) is 0 Å². The van der Waals surface area contributed by atoms with Crippen LogP contribution in [0.15, 0.2) is 45.8 Å². The molecule has 3 heterocycles. The van der Waals surface area contributed by atoms with Crippen molar-refractivity contribution >= 4 is 11.7 Å². The molecule has 2 aromatic heterocycles. The zero-order chi connectivity index (χ0) is 20.4. The Hall–Kier alpha value is -3.82. The van der Waals surface area contributed by atoms with E-state index in [0.717, 1.165) is 0 Å². The lowest BCUT2D eigenvalue weighted by molar-refractivity contribution is 0.171. The predicted octanol–water partition coefficient (Wildman–Crippen LogP) is 1.76. The Balaban J connectivity index is 1.62. The fraction of sp³-hybridized carbons (Fsp3) is 0.263. The number of fused-ring (bicyclic) bond motifs is 1. The van der Waals surface area contributed by atoms with Gasteiger partial charge in [0.15, 0.2) is 17.3 Å². The highest BCUT2D eigenvalue weighted by Crippen LogP contribution is 2.33. The summed E-state index contributed by atoms with van der Waals surface area (Å²) in [5.41, 5.74) is 0.498. The number of aryl methyl sites for hydroxylation is 2. The third kappa shape index (κ3) is 3.91. The maximum absolute atomic E-state index is 12.6. The van der Waals surface area contributed by atoms with Gasteiger partial charge in [0.2, 0.25) is 5.89 Å². The van der Waals surface area contributed by atoms with Gasteiger partial charge in [-0.3, -0.25) is 4.79 Å². The molecule has 0 saturated heterocycles. The molecular formula is C19H19N5O5. The predicted molar refractivity (Wildman–Crippen MR) is 102 cm³/mol. The van der Waals surface area contributed by atoms with Crippen molar-refractivity contribution in [3.05, 3.63) is 64.2 Å². The molecule has 0 aliphatic carbocycles. The Labute approximate surface area is 165 Å². The van der Waals surface area contributed by atoms with Crippen LogP contribution in [0.4, 0.5) is 10.5 Å². The summed E-state index contributed by atoms with van der Waals surface area (Å²) in [6.45, 7) is 2.57. The molecule has 0 spiro atoms. The Morgan fingerprint density at radius 3 is 2.76 bits per heavy atom. The standard InChI is InChI=1S/C19H19N5O5/c1-11-20-17(23-29-11)16(12-5-6-14-15(10-12)28-9-8-27-14)22-19(26)21-13-4-3-7-24(2)18(13)25/h3-7,10,16H,8-9H2,1-2H3,(H2,21,22,26). The first-order chi connectivity index (χ1) is 14.0. The number of ether oxygens (including phenoxy) is 2. The molecule has 0 radical (unpaired) electrons. The second-order valence-electron chi connectivity index (χ2n) is 6.44. The minimum atomic E-state index is -0.726. The first-order valence-electron chi connectivity index (χ1n) is 8.94. The highest BCUT2D eigenvalue weighted by molar-refractivity contribution is 5.89. The van der Waals surface area contributed by atoms with E-state index in [0.29, 0.717) is 36.2 Å². The lowest BCUT2D eigenvalue weighted by atomic mass is 10.1. The molecule has 10 heteroatoms. The maximum Gasteiger partial charge on any atom is 0.320 e. The normalized spacial score (nSPS) is 13.6. The number of nitrogens with one attached hydrogen (secondary N) is 2. The van der Waals surface area contributed by atoms with Crippen molar-refractivity contribution in [2.24, 2.45) is 7.05 Å². The maximum atomic E-state index is 12.6. The molecule has 10 nitrogen and oxygen atoms in total. The second kappa shape index (κ2) is 7.66. The highest BCUT2D eigenvalue weighted by atomic mass is 16.6. The SMILES string of the molecule is Cc1nc(C(NC(=O)Nc2cccn(C)c2=O)c2ccc3c(c2)OCCO3)no1. The molecule has 1 unspecified atom stereocenters. The summed E-state index contributed by atoms with van der Waals surface area (Å²) in [6, 6.07) is 7.18. The van der Waals surface area contributed by atoms with E-state index in [4.69, 9.17) is 14.0 Å². The summed E-state index contributed by atoms with van der Waals surface area (Å²) in [4.78, 5) is 29.0. The average Bonchev–Trinajstić information content (AvgIpc) is 3.15. The van der Waals surface area contributed by atoms with E-state index >= 15 is 0 Å². The van der Waals surface area contributed by atoms with Crippen LogP contribution < -0.4 is 25.7 Å². The summed E-state index contributed by atoms with van der Waals surface area (Å²) in [6.07, 6.45) is 1.60. The Morgan fingerprint density at radius 2 is 2.00 bits per heavy atom. The molecule has 1 aliphatic rings. The number of rotatable bonds is 4. The van der Waals surface area contributed by atoms with Crippen molar-refractivity contribution in [1.29, 1.82) is 0 Å². The van der Waals surface area contributed by atoms with Crippen LogP contribution >= 0.6 is 0 Å². The molecule has 2 amide bonds. The number of nitrogens with zero attached hydrogens (tertiary/aromatic N) is 3. The summed E-state index contributed by atoms with van der Waals surface area (Å²) in [7, 11) is 1.60. The van der Waals surface area contributed by atoms with E-state index in [-0.39, 0.29) is 17.1 Å². The first-order valence-corrected chi connectivity index (χ1v) is 8.94. The largest absolute Gasteiger partial charge is 0.486 e. The van der Waals surface area contributed by atoms with Crippen LogP contribution in [-0.4, -0.2) is 34.0 Å². The molecule has 3 aromatic rings. The molecule has 150 valence electrons. The summed E-state index contributed by atoms with van der Waals surface area (Å²) in [5, 5.41) is 9.28. The fourth-order valence-corrected chi connectivity index (χ4v) is 2.95. The van der Waals surface area contributed by atoms with Gasteiger partial charge >= 0.3 is 6.03 Å². The first kappa shape index (κ1) is 18.5. The van der Waals surface area contributed by atoms with Crippen LogP contribution in [0.5, 0.6) is 11.5 Å². The van der Waals surface area contributed by atoms with E-state index < -0.39 is 12.1 Å². The van der Waals surface area contributed by atoms with E-state index in [9.17, 15) is 9.59 Å². The van der Waals surface area contributed by atoms with Crippen molar-refractivity contribution in [3.63, 3.8) is 0 Å². The minimum Gasteiger partial charge on any atom is -0.486 e. The van der Waals surface area contributed by atoms with Gasteiger partial charge in [0.25, 0.3) is 5.56 Å². The van der Waals surface area contributed by atoms with Gasteiger partial charge in [-0.05, 0) is 29.8 Å². The number of anilines is 1. The summed E-state index contributed by atoms with van der Waals surface area (Å²) < 4.78 is 17.6. The van der Waals surface area contributed by atoms with Crippen molar-refractivity contribution in [1.82, 2.24) is 20.0 Å².